The molecule has 0 radical (unpaired) electrons. The summed E-state index contributed by atoms with van der Waals surface area (Å²) in [6, 6.07) is 0. The molecular formula is C21H31FO2. The molecule has 0 aliphatic heterocycles. The largest absolute Gasteiger partial charge is 0.295 e. The molecule has 134 valence electrons. The molecule has 7 atom stereocenters. The summed E-state index contributed by atoms with van der Waals surface area (Å²) in [5.74, 6) is 2.84. The van der Waals surface area contributed by atoms with Crippen molar-refractivity contribution >= 4 is 5.78 Å². The van der Waals surface area contributed by atoms with E-state index in [4.69, 9.17) is 0 Å². The molecule has 4 aliphatic rings. The zero-order chi connectivity index (χ0) is 17.1. The van der Waals surface area contributed by atoms with E-state index in [1.807, 2.05) is 13.0 Å². The first kappa shape index (κ1) is 16.8. The van der Waals surface area contributed by atoms with Crippen LogP contribution < -0.4 is 0 Å². The molecule has 3 heteroatoms. The Labute approximate surface area is 145 Å². The van der Waals surface area contributed by atoms with E-state index in [2.05, 4.69) is 18.8 Å². The maximum absolute atomic E-state index is 12.9. The first-order valence-corrected chi connectivity index (χ1v) is 9.91. The molecule has 0 aromatic carbocycles. The number of halogens is 1. The highest BCUT2D eigenvalue weighted by atomic mass is 19.3. The highest BCUT2D eigenvalue weighted by Gasteiger charge is 2.59. The number of hydrogen-bond donors (Lipinski definition) is 0. The fraction of sp³-hybridized carbons (Fsp3) is 0.857. The van der Waals surface area contributed by atoms with Crippen molar-refractivity contribution in [1.29, 1.82) is 0 Å². The standard InChI is InChI=1S/C21H31FO2/c1-13(24-22)17-6-7-18-16-5-4-14-12-15(23)8-10-20(14,2)19(16)9-11-21(17,18)3/h12-13,16-19H,4-11H2,1-3H3/t13-,16?,17+,18?,19?,20+,21?/m0/s1. The van der Waals surface area contributed by atoms with E-state index in [-0.39, 0.29) is 16.9 Å². The van der Waals surface area contributed by atoms with Crippen molar-refractivity contribution in [3.05, 3.63) is 11.6 Å². The van der Waals surface area contributed by atoms with Crippen molar-refractivity contribution < 1.29 is 14.3 Å². The predicted molar refractivity (Wildman–Crippen MR) is 91.9 cm³/mol. The predicted octanol–water partition coefficient (Wildman–Crippen LogP) is 5.42. The minimum Gasteiger partial charge on any atom is -0.295 e. The molecule has 4 rings (SSSR count). The van der Waals surface area contributed by atoms with Gasteiger partial charge in [0.25, 0.3) is 0 Å². The summed E-state index contributed by atoms with van der Waals surface area (Å²) in [6.07, 6.45) is 10.5. The molecule has 4 aliphatic carbocycles. The Hall–Kier alpha value is -0.700. The van der Waals surface area contributed by atoms with Crippen molar-refractivity contribution in [2.45, 2.75) is 78.2 Å². The molecule has 4 unspecified atom stereocenters. The molecule has 0 saturated heterocycles. The SMILES string of the molecule is C[C@H](OF)[C@H]1CCC2C3CCC4=CC(=O)CC[C@@]4(C)C3CCC21C. The Morgan fingerprint density at radius 2 is 1.92 bits per heavy atom. The van der Waals surface area contributed by atoms with Crippen molar-refractivity contribution in [1.82, 2.24) is 0 Å². The van der Waals surface area contributed by atoms with Gasteiger partial charge in [0.1, 0.15) is 0 Å². The van der Waals surface area contributed by atoms with E-state index < -0.39 is 0 Å². The van der Waals surface area contributed by atoms with Crippen LogP contribution in [0.2, 0.25) is 0 Å². The second-order valence-electron chi connectivity index (χ2n) is 9.49. The first-order valence-electron chi connectivity index (χ1n) is 9.91. The quantitative estimate of drug-likeness (QED) is 0.673. The topological polar surface area (TPSA) is 26.3 Å². The van der Waals surface area contributed by atoms with Gasteiger partial charge in [-0.15, -0.1) is 0 Å². The smallest absolute Gasteiger partial charge is 0.155 e. The number of rotatable bonds is 2. The number of hydrogen-bond acceptors (Lipinski definition) is 2. The maximum atomic E-state index is 12.9. The number of carbonyl (C=O) groups excluding carboxylic acids is 1. The molecule has 3 saturated carbocycles. The number of allylic oxidation sites excluding steroid dienone is 1. The zero-order valence-electron chi connectivity index (χ0n) is 15.3. The fourth-order valence-corrected chi connectivity index (χ4v) is 7.43. The molecule has 0 amide bonds. The minimum atomic E-state index is -0.279. The summed E-state index contributed by atoms with van der Waals surface area (Å²) < 4.78 is 12.9. The van der Waals surface area contributed by atoms with Crippen LogP contribution in [0.4, 0.5) is 4.53 Å². The van der Waals surface area contributed by atoms with E-state index in [0.29, 0.717) is 23.5 Å². The van der Waals surface area contributed by atoms with Crippen LogP contribution in [0.1, 0.15) is 72.1 Å². The molecule has 0 spiro atoms. The summed E-state index contributed by atoms with van der Waals surface area (Å²) in [4.78, 5) is 16.1. The van der Waals surface area contributed by atoms with Gasteiger partial charge in [-0.1, -0.05) is 19.4 Å². The number of carbonyl (C=O) groups is 1. The average molecular weight is 334 g/mol. The second kappa shape index (κ2) is 5.65. The third-order valence-corrected chi connectivity index (χ3v) is 8.74. The summed E-state index contributed by atoms with van der Waals surface area (Å²) in [6.45, 7) is 6.73. The number of fused-ring (bicyclic) bond motifs is 5. The van der Waals surface area contributed by atoms with Gasteiger partial charge in [0.05, 0.1) is 6.10 Å². The summed E-state index contributed by atoms with van der Waals surface area (Å²) in [5, 5.41) is 0. The second-order valence-corrected chi connectivity index (χ2v) is 9.49. The van der Waals surface area contributed by atoms with E-state index in [1.54, 1.807) is 0 Å². The summed E-state index contributed by atoms with van der Waals surface area (Å²) >= 11 is 0. The van der Waals surface area contributed by atoms with Crippen LogP contribution in [0.25, 0.3) is 0 Å². The summed E-state index contributed by atoms with van der Waals surface area (Å²) in [5.41, 5.74) is 1.89. The van der Waals surface area contributed by atoms with Gasteiger partial charge in [-0.05, 0) is 97.0 Å². The van der Waals surface area contributed by atoms with Crippen LogP contribution in [0.15, 0.2) is 11.6 Å². The van der Waals surface area contributed by atoms with E-state index in [9.17, 15) is 9.32 Å². The van der Waals surface area contributed by atoms with Crippen molar-refractivity contribution in [2.24, 2.45) is 34.5 Å². The van der Waals surface area contributed by atoms with Gasteiger partial charge in [-0.25, -0.2) is 0 Å². The van der Waals surface area contributed by atoms with Gasteiger partial charge in [-0.3, -0.25) is 4.79 Å². The van der Waals surface area contributed by atoms with Gasteiger partial charge in [0, 0.05) is 6.42 Å². The monoisotopic (exact) mass is 334 g/mol. The zero-order valence-corrected chi connectivity index (χ0v) is 15.3. The van der Waals surface area contributed by atoms with Crippen LogP contribution in [-0.2, 0) is 9.74 Å². The summed E-state index contributed by atoms with van der Waals surface area (Å²) in [7, 11) is 0. The molecule has 2 nitrogen and oxygen atoms in total. The molecule has 0 aromatic heterocycles. The number of ketones is 1. The Balaban J connectivity index is 1.63. The maximum Gasteiger partial charge on any atom is 0.155 e. The van der Waals surface area contributed by atoms with Crippen molar-refractivity contribution in [2.75, 3.05) is 0 Å². The molecule has 24 heavy (non-hydrogen) atoms. The van der Waals surface area contributed by atoms with Crippen molar-refractivity contribution in [3.63, 3.8) is 0 Å². The lowest BCUT2D eigenvalue weighted by Gasteiger charge is -2.58. The third kappa shape index (κ3) is 2.19. The fourth-order valence-electron chi connectivity index (χ4n) is 7.43. The highest BCUT2D eigenvalue weighted by molar-refractivity contribution is 5.91. The van der Waals surface area contributed by atoms with Crippen LogP contribution in [0.5, 0.6) is 0 Å². The molecule has 3 fully saturated rings. The lowest BCUT2D eigenvalue weighted by molar-refractivity contribution is -0.206. The van der Waals surface area contributed by atoms with Crippen LogP contribution in [0, 0.1) is 34.5 Å². The average Bonchev–Trinajstić information content (AvgIpc) is 2.92. The van der Waals surface area contributed by atoms with Crippen molar-refractivity contribution in [3.8, 4) is 0 Å². The molecular weight excluding hydrogens is 303 g/mol. The third-order valence-electron chi connectivity index (χ3n) is 8.74. The highest BCUT2D eigenvalue weighted by Crippen LogP contribution is 2.67. The Morgan fingerprint density at radius 1 is 1.12 bits per heavy atom. The lowest BCUT2D eigenvalue weighted by Crippen LogP contribution is -2.51. The molecule has 0 aromatic rings. The van der Waals surface area contributed by atoms with Gasteiger partial charge in [-0.2, -0.15) is 4.94 Å². The lowest BCUT2D eigenvalue weighted by atomic mass is 9.46. The molecule has 0 bridgehead atoms. The van der Waals surface area contributed by atoms with Gasteiger partial charge < -0.3 is 0 Å². The Kier molecular flexibility index (Phi) is 3.95. The van der Waals surface area contributed by atoms with E-state index in [0.717, 1.165) is 31.6 Å². The van der Waals surface area contributed by atoms with Crippen LogP contribution in [-0.4, -0.2) is 11.9 Å². The first-order chi connectivity index (χ1) is 11.4. The normalized spacial score (nSPS) is 49.0. The van der Waals surface area contributed by atoms with Crippen LogP contribution >= 0.6 is 0 Å². The van der Waals surface area contributed by atoms with E-state index in [1.165, 1.54) is 31.3 Å². The van der Waals surface area contributed by atoms with E-state index >= 15 is 0 Å². The molecule has 0 N–H and O–H groups in total. The Bertz CT molecular complexity index is 570. The van der Waals surface area contributed by atoms with Crippen LogP contribution in [0.3, 0.4) is 0 Å². The van der Waals surface area contributed by atoms with Gasteiger partial charge >= 0.3 is 0 Å². The Morgan fingerprint density at radius 3 is 2.67 bits per heavy atom. The van der Waals surface area contributed by atoms with Gasteiger partial charge in [0.15, 0.2) is 5.78 Å². The minimum absolute atomic E-state index is 0.231. The molecule has 0 heterocycles. The van der Waals surface area contributed by atoms with Gasteiger partial charge in [0.2, 0.25) is 0 Å².